The van der Waals surface area contributed by atoms with Gasteiger partial charge in [-0.1, -0.05) is 37.3 Å². The SMILES string of the molecule is COC(=O)C1=CO[C@@H](O[C@@H]2O[C@H](CO)[C@@H](O)[C@H](O)[C@H]2O)[C@@H]2[C@H](C)[C@@H](OC(=O)/C=C/c3ccccc3)[C@@H](O)[C@H]12. The second-order valence-corrected chi connectivity index (χ2v) is 9.50. The predicted molar refractivity (Wildman–Crippen MR) is 127 cm³/mol. The number of aliphatic hydroxyl groups is 5. The predicted octanol–water partition coefficient (Wildman–Crippen LogP) is -0.916. The minimum absolute atomic E-state index is 0.00359. The van der Waals surface area contributed by atoms with Gasteiger partial charge in [0.1, 0.15) is 30.5 Å². The molecule has 38 heavy (non-hydrogen) atoms. The molecule has 0 bridgehead atoms. The Hall–Kier alpha value is -2.84. The van der Waals surface area contributed by atoms with E-state index in [0.717, 1.165) is 11.8 Å². The van der Waals surface area contributed by atoms with Crippen molar-refractivity contribution in [1.82, 2.24) is 0 Å². The van der Waals surface area contributed by atoms with E-state index < -0.39 is 85.5 Å². The molecular formula is C26H32O12. The first kappa shape index (κ1) is 28.2. The zero-order valence-electron chi connectivity index (χ0n) is 20.8. The average molecular weight is 537 g/mol. The standard InChI is InChI=1S/C26H32O12/c1-12-17-18(20(30)23(12)37-16(28)9-8-13-6-4-3-5-7-13)14(24(33)34-2)11-35-25(17)38-26-22(32)21(31)19(29)15(10-27)36-26/h3-9,11-12,15,17-23,25-27,29-32H,10H2,1-2H3/b9-8+/t12-,15+,17+,18+,19+,20-,21-,22+,23+,25-,26-/m0/s1. The van der Waals surface area contributed by atoms with Crippen LogP contribution in [-0.4, -0.2) is 100 Å². The van der Waals surface area contributed by atoms with Gasteiger partial charge in [0.15, 0.2) is 6.29 Å². The quantitative estimate of drug-likeness (QED) is 0.214. The lowest BCUT2D eigenvalue weighted by molar-refractivity contribution is -0.343. The van der Waals surface area contributed by atoms with Crippen LogP contribution in [0.5, 0.6) is 0 Å². The summed E-state index contributed by atoms with van der Waals surface area (Å²) in [5.41, 5.74) is 0.777. The van der Waals surface area contributed by atoms with Crippen molar-refractivity contribution >= 4 is 18.0 Å². The van der Waals surface area contributed by atoms with Crippen LogP contribution in [0.25, 0.3) is 6.08 Å². The van der Waals surface area contributed by atoms with Gasteiger partial charge in [-0.15, -0.1) is 0 Å². The summed E-state index contributed by atoms with van der Waals surface area (Å²) in [7, 11) is 1.17. The number of benzene rings is 1. The molecule has 2 fully saturated rings. The van der Waals surface area contributed by atoms with Crippen LogP contribution in [0.3, 0.4) is 0 Å². The molecule has 1 saturated carbocycles. The Labute approximate surface area is 218 Å². The highest BCUT2D eigenvalue weighted by Crippen LogP contribution is 2.49. The maximum Gasteiger partial charge on any atom is 0.337 e. The van der Waals surface area contributed by atoms with Gasteiger partial charge in [-0.05, 0) is 11.6 Å². The molecule has 1 aliphatic carbocycles. The van der Waals surface area contributed by atoms with Crippen molar-refractivity contribution in [3.63, 3.8) is 0 Å². The van der Waals surface area contributed by atoms with Crippen LogP contribution in [-0.2, 0) is 33.3 Å². The number of hydrogen-bond donors (Lipinski definition) is 5. The summed E-state index contributed by atoms with van der Waals surface area (Å²) < 4.78 is 27.3. The third kappa shape index (κ3) is 5.47. The smallest absolute Gasteiger partial charge is 0.337 e. The number of fused-ring (bicyclic) bond motifs is 1. The molecule has 0 unspecified atom stereocenters. The van der Waals surface area contributed by atoms with Crippen molar-refractivity contribution in [2.24, 2.45) is 17.8 Å². The number of carbonyl (C=O) groups excluding carboxylic acids is 2. The minimum atomic E-state index is -1.70. The maximum atomic E-state index is 12.6. The Bertz CT molecular complexity index is 1040. The lowest BCUT2D eigenvalue weighted by atomic mass is 9.82. The highest BCUT2D eigenvalue weighted by atomic mass is 16.8. The van der Waals surface area contributed by atoms with Crippen LogP contribution in [0.2, 0.25) is 0 Å². The molecule has 1 aromatic rings. The summed E-state index contributed by atoms with van der Waals surface area (Å²) in [5, 5.41) is 51.2. The Balaban J connectivity index is 1.55. The van der Waals surface area contributed by atoms with Crippen molar-refractivity contribution < 1.29 is 58.8 Å². The van der Waals surface area contributed by atoms with E-state index in [1.54, 1.807) is 25.1 Å². The summed E-state index contributed by atoms with van der Waals surface area (Å²) in [6, 6.07) is 9.07. The summed E-state index contributed by atoms with van der Waals surface area (Å²) in [6.07, 6.45) is -7.46. The van der Waals surface area contributed by atoms with E-state index in [4.69, 9.17) is 23.7 Å². The number of esters is 2. The van der Waals surface area contributed by atoms with Gasteiger partial charge in [0.2, 0.25) is 6.29 Å². The molecular weight excluding hydrogens is 504 g/mol. The van der Waals surface area contributed by atoms with Gasteiger partial charge < -0.3 is 49.2 Å². The molecule has 0 amide bonds. The molecule has 3 aliphatic rings. The summed E-state index contributed by atoms with van der Waals surface area (Å²) in [4.78, 5) is 25.1. The Morgan fingerprint density at radius 3 is 2.37 bits per heavy atom. The van der Waals surface area contributed by atoms with Gasteiger partial charge in [0, 0.05) is 23.8 Å². The van der Waals surface area contributed by atoms with Crippen molar-refractivity contribution in [2.75, 3.05) is 13.7 Å². The van der Waals surface area contributed by atoms with Crippen molar-refractivity contribution in [2.45, 2.75) is 56.1 Å². The maximum absolute atomic E-state index is 12.6. The lowest BCUT2D eigenvalue weighted by Crippen LogP contribution is -2.60. The highest BCUT2D eigenvalue weighted by molar-refractivity contribution is 5.89. The van der Waals surface area contributed by atoms with Gasteiger partial charge in [-0.3, -0.25) is 0 Å². The van der Waals surface area contributed by atoms with E-state index in [-0.39, 0.29) is 5.57 Å². The van der Waals surface area contributed by atoms with Crippen LogP contribution in [0.15, 0.2) is 48.2 Å². The van der Waals surface area contributed by atoms with E-state index >= 15 is 0 Å². The van der Waals surface area contributed by atoms with Crippen molar-refractivity contribution in [3.05, 3.63) is 53.8 Å². The van der Waals surface area contributed by atoms with Gasteiger partial charge in [-0.2, -0.15) is 0 Å². The number of aliphatic hydroxyl groups excluding tert-OH is 5. The molecule has 0 spiro atoms. The van der Waals surface area contributed by atoms with E-state index in [0.29, 0.717) is 0 Å². The molecule has 4 rings (SSSR count). The second kappa shape index (κ2) is 11.9. The molecule has 12 nitrogen and oxygen atoms in total. The molecule has 12 heteroatoms. The van der Waals surface area contributed by atoms with E-state index in [9.17, 15) is 35.1 Å². The topological polar surface area (TPSA) is 181 Å². The van der Waals surface area contributed by atoms with E-state index in [1.165, 1.54) is 13.2 Å². The van der Waals surface area contributed by atoms with Crippen molar-refractivity contribution in [3.8, 4) is 0 Å². The molecule has 5 N–H and O–H groups in total. The normalized spacial score (nSPS) is 38.7. The fourth-order valence-electron chi connectivity index (χ4n) is 5.22. The second-order valence-electron chi connectivity index (χ2n) is 9.50. The first-order valence-corrected chi connectivity index (χ1v) is 12.2. The highest BCUT2D eigenvalue weighted by Gasteiger charge is 2.59. The van der Waals surface area contributed by atoms with E-state index in [1.807, 2.05) is 18.2 Å². The fourth-order valence-corrected chi connectivity index (χ4v) is 5.22. The monoisotopic (exact) mass is 536 g/mol. The van der Waals surface area contributed by atoms with Gasteiger partial charge in [0.05, 0.1) is 31.7 Å². The van der Waals surface area contributed by atoms with Crippen LogP contribution >= 0.6 is 0 Å². The zero-order chi connectivity index (χ0) is 27.6. The largest absolute Gasteiger partial charge is 0.472 e. The van der Waals surface area contributed by atoms with Crippen LogP contribution in [0.1, 0.15) is 12.5 Å². The first-order valence-electron chi connectivity index (χ1n) is 12.2. The summed E-state index contributed by atoms with van der Waals surface area (Å²) in [6.45, 7) is 1.03. The van der Waals surface area contributed by atoms with Crippen LogP contribution < -0.4 is 0 Å². The van der Waals surface area contributed by atoms with Gasteiger partial charge in [0.25, 0.3) is 0 Å². The van der Waals surface area contributed by atoms with E-state index in [2.05, 4.69) is 0 Å². The first-order chi connectivity index (χ1) is 18.2. The average Bonchev–Trinajstić information content (AvgIpc) is 3.17. The number of hydrogen-bond acceptors (Lipinski definition) is 12. The lowest BCUT2D eigenvalue weighted by Gasteiger charge is -2.43. The Kier molecular flexibility index (Phi) is 8.83. The fraction of sp³-hybridized carbons (Fsp3) is 0.538. The third-order valence-corrected chi connectivity index (χ3v) is 7.25. The molecule has 11 atom stereocenters. The Morgan fingerprint density at radius 1 is 1.00 bits per heavy atom. The number of ether oxygens (including phenoxy) is 5. The third-order valence-electron chi connectivity index (χ3n) is 7.25. The molecule has 0 aromatic heterocycles. The Morgan fingerprint density at radius 2 is 1.71 bits per heavy atom. The number of carbonyl (C=O) groups is 2. The van der Waals surface area contributed by atoms with Gasteiger partial charge >= 0.3 is 11.9 Å². The molecule has 2 heterocycles. The number of rotatable bonds is 7. The molecule has 2 aliphatic heterocycles. The molecule has 1 aromatic carbocycles. The van der Waals surface area contributed by atoms with Gasteiger partial charge in [-0.25, -0.2) is 9.59 Å². The van der Waals surface area contributed by atoms with Crippen molar-refractivity contribution in [1.29, 1.82) is 0 Å². The van der Waals surface area contributed by atoms with Crippen LogP contribution in [0.4, 0.5) is 0 Å². The minimum Gasteiger partial charge on any atom is -0.472 e. The molecule has 0 radical (unpaired) electrons. The zero-order valence-corrected chi connectivity index (χ0v) is 20.8. The molecule has 1 saturated heterocycles. The summed E-state index contributed by atoms with van der Waals surface area (Å²) >= 11 is 0. The number of methoxy groups -OCH3 is 1. The summed E-state index contributed by atoms with van der Waals surface area (Å²) in [5.74, 6) is -3.80. The van der Waals surface area contributed by atoms with Crippen LogP contribution in [0, 0.1) is 17.8 Å². The molecule has 208 valence electrons.